The second-order valence-electron chi connectivity index (χ2n) is 9.40. The van der Waals surface area contributed by atoms with E-state index in [0.717, 1.165) is 35.4 Å². The molecule has 36 heavy (non-hydrogen) atoms. The maximum absolute atomic E-state index is 13.1. The largest absolute Gasteiger partial charge is 0.416 e. The minimum absolute atomic E-state index is 0.0794. The van der Waals surface area contributed by atoms with E-state index in [-0.39, 0.29) is 24.4 Å². The summed E-state index contributed by atoms with van der Waals surface area (Å²) in [6, 6.07) is 11.5. The fourth-order valence-corrected chi connectivity index (χ4v) is 5.00. The molecule has 1 aliphatic heterocycles. The van der Waals surface area contributed by atoms with Crippen molar-refractivity contribution in [2.75, 3.05) is 31.1 Å². The van der Waals surface area contributed by atoms with E-state index in [2.05, 4.69) is 23.2 Å². The zero-order valence-electron chi connectivity index (χ0n) is 20.0. The molecule has 0 radical (unpaired) electrons. The van der Waals surface area contributed by atoms with E-state index in [0.29, 0.717) is 43.9 Å². The van der Waals surface area contributed by atoms with Crippen LogP contribution in [0.2, 0.25) is 0 Å². The topological polar surface area (TPSA) is 58.4 Å². The van der Waals surface area contributed by atoms with Crippen LogP contribution in [0.25, 0.3) is 11.3 Å². The van der Waals surface area contributed by atoms with Crippen LogP contribution >= 0.6 is 0 Å². The predicted octanol–water partition coefficient (Wildman–Crippen LogP) is 4.08. The highest BCUT2D eigenvalue weighted by Gasteiger charge is 2.31. The zero-order valence-corrected chi connectivity index (χ0v) is 20.0. The molecule has 0 unspecified atom stereocenters. The van der Waals surface area contributed by atoms with Crippen molar-refractivity contribution in [3.63, 3.8) is 0 Å². The molecule has 3 aromatic rings. The second kappa shape index (κ2) is 9.44. The van der Waals surface area contributed by atoms with E-state index < -0.39 is 11.7 Å². The molecule has 2 heterocycles. The molecule has 0 atom stereocenters. The fraction of sp³-hybridized carbons (Fsp3) is 0.370. The number of fused-ring (bicyclic) bond motifs is 3. The van der Waals surface area contributed by atoms with Crippen molar-refractivity contribution in [3.8, 4) is 11.3 Å². The molecule has 1 aliphatic carbocycles. The van der Waals surface area contributed by atoms with Crippen LogP contribution < -0.4 is 10.5 Å². The molecule has 5 rings (SSSR count). The molecule has 0 N–H and O–H groups in total. The summed E-state index contributed by atoms with van der Waals surface area (Å²) in [7, 11) is 0. The lowest BCUT2D eigenvalue weighted by molar-refractivity contribution is -0.137. The number of nitrogens with zero attached hydrogens (tertiary/aromatic N) is 4. The lowest BCUT2D eigenvalue weighted by Crippen LogP contribution is -2.49. The van der Waals surface area contributed by atoms with Crippen LogP contribution in [0.5, 0.6) is 0 Å². The van der Waals surface area contributed by atoms with E-state index >= 15 is 0 Å². The summed E-state index contributed by atoms with van der Waals surface area (Å²) in [6.45, 7) is 4.00. The number of aromatic nitrogens is 2. The van der Waals surface area contributed by atoms with Gasteiger partial charge in [0, 0.05) is 56.0 Å². The number of hydrogen-bond acceptors (Lipinski definition) is 4. The van der Waals surface area contributed by atoms with E-state index in [1.165, 1.54) is 22.5 Å². The Morgan fingerprint density at radius 2 is 1.81 bits per heavy atom. The fourth-order valence-electron chi connectivity index (χ4n) is 5.00. The summed E-state index contributed by atoms with van der Waals surface area (Å²) in [5, 5.41) is 0. The van der Waals surface area contributed by atoms with Gasteiger partial charge in [-0.15, -0.1) is 0 Å². The minimum Gasteiger partial charge on any atom is -0.368 e. The Balaban J connectivity index is 1.21. The molecule has 1 saturated heterocycles. The first-order valence-electron chi connectivity index (χ1n) is 12.1. The van der Waals surface area contributed by atoms with Gasteiger partial charge in [-0.05, 0) is 49.6 Å². The minimum atomic E-state index is -4.39. The average molecular weight is 497 g/mol. The standard InChI is InChI=1S/C27H27F3N4O2/c1-18-5-6-19-7-8-22-25(23(19)15-18)31-17-34(26(22)36)10-9-24(35)33-13-11-32(12-14-33)21-4-2-3-20(16-21)27(28,29)30/h2-6,15-17H,7-14H2,1H3. The molecule has 1 aromatic heterocycles. The molecule has 6 nitrogen and oxygen atoms in total. The number of aryl methyl sites for hydroxylation is 3. The number of rotatable bonds is 4. The van der Waals surface area contributed by atoms with Crippen molar-refractivity contribution < 1.29 is 18.0 Å². The third-order valence-electron chi connectivity index (χ3n) is 7.03. The van der Waals surface area contributed by atoms with Crippen LogP contribution in [-0.4, -0.2) is 46.5 Å². The van der Waals surface area contributed by atoms with E-state index in [9.17, 15) is 22.8 Å². The van der Waals surface area contributed by atoms with Crippen molar-refractivity contribution in [3.05, 3.63) is 81.4 Å². The maximum atomic E-state index is 13.1. The lowest BCUT2D eigenvalue weighted by Gasteiger charge is -2.36. The van der Waals surface area contributed by atoms with Crippen molar-refractivity contribution in [1.82, 2.24) is 14.5 Å². The number of halogens is 3. The molecular formula is C27H27F3N4O2. The van der Waals surface area contributed by atoms with Gasteiger partial charge in [0.2, 0.25) is 5.91 Å². The average Bonchev–Trinajstić information content (AvgIpc) is 2.87. The van der Waals surface area contributed by atoms with E-state index in [4.69, 9.17) is 0 Å². The summed E-state index contributed by atoms with van der Waals surface area (Å²) in [5.41, 5.74) is 4.46. The van der Waals surface area contributed by atoms with E-state index in [1.807, 2.05) is 11.8 Å². The van der Waals surface area contributed by atoms with Crippen molar-refractivity contribution in [2.24, 2.45) is 0 Å². The van der Waals surface area contributed by atoms with Crippen LogP contribution in [0.3, 0.4) is 0 Å². The zero-order chi connectivity index (χ0) is 25.4. The number of amides is 1. The van der Waals surface area contributed by atoms with Crippen LogP contribution in [-0.2, 0) is 30.4 Å². The number of alkyl halides is 3. The highest BCUT2D eigenvalue weighted by Crippen LogP contribution is 2.32. The Morgan fingerprint density at radius 3 is 2.56 bits per heavy atom. The Morgan fingerprint density at radius 1 is 1.03 bits per heavy atom. The number of benzene rings is 2. The number of carbonyl (C=O) groups excluding carboxylic acids is 1. The number of carbonyl (C=O) groups is 1. The summed E-state index contributed by atoms with van der Waals surface area (Å²) in [4.78, 5) is 34.1. The first-order chi connectivity index (χ1) is 17.2. The van der Waals surface area contributed by atoms with Gasteiger partial charge in [-0.1, -0.05) is 23.8 Å². The van der Waals surface area contributed by atoms with Crippen molar-refractivity contribution >= 4 is 11.6 Å². The molecular weight excluding hydrogens is 469 g/mol. The number of hydrogen-bond donors (Lipinski definition) is 0. The molecule has 0 bridgehead atoms. The molecule has 2 aliphatic rings. The molecule has 9 heteroatoms. The van der Waals surface area contributed by atoms with Crippen LogP contribution in [0.4, 0.5) is 18.9 Å². The summed E-state index contributed by atoms with van der Waals surface area (Å²) in [5.74, 6) is -0.0794. The normalized spacial score (nSPS) is 15.4. The summed E-state index contributed by atoms with van der Waals surface area (Å²) < 4.78 is 40.6. The number of anilines is 1. The second-order valence-corrected chi connectivity index (χ2v) is 9.40. The highest BCUT2D eigenvalue weighted by atomic mass is 19.4. The van der Waals surface area contributed by atoms with Gasteiger partial charge >= 0.3 is 6.18 Å². The first-order valence-corrected chi connectivity index (χ1v) is 12.1. The van der Waals surface area contributed by atoms with Gasteiger partial charge in [-0.3, -0.25) is 14.2 Å². The van der Waals surface area contributed by atoms with Crippen molar-refractivity contribution in [2.45, 2.75) is 38.9 Å². The van der Waals surface area contributed by atoms with Gasteiger partial charge in [-0.2, -0.15) is 13.2 Å². The Hall–Kier alpha value is -3.62. The molecule has 2 aromatic carbocycles. The monoisotopic (exact) mass is 496 g/mol. The Bertz CT molecular complexity index is 1360. The third-order valence-corrected chi connectivity index (χ3v) is 7.03. The molecule has 0 saturated carbocycles. The third kappa shape index (κ3) is 4.74. The van der Waals surface area contributed by atoms with E-state index in [1.54, 1.807) is 11.0 Å². The molecule has 0 spiro atoms. The summed E-state index contributed by atoms with van der Waals surface area (Å²) >= 11 is 0. The highest BCUT2D eigenvalue weighted by molar-refractivity contribution is 5.76. The smallest absolute Gasteiger partial charge is 0.368 e. The number of piperazine rings is 1. The van der Waals surface area contributed by atoms with Crippen LogP contribution in [0.1, 0.15) is 28.7 Å². The molecule has 188 valence electrons. The van der Waals surface area contributed by atoms with Gasteiger partial charge < -0.3 is 9.80 Å². The van der Waals surface area contributed by atoms with Gasteiger partial charge in [0.05, 0.1) is 17.6 Å². The maximum Gasteiger partial charge on any atom is 0.416 e. The molecule has 1 amide bonds. The Labute approximate surface area is 207 Å². The quantitative estimate of drug-likeness (QED) is 0.547. The summed E-state index contributed by atoms with van der Waals surface area (Å²) in [6.07, 6.45) is -1.28. The van der Waals surface area contributed by atoms with Crippen molar-refractivity contribution in [1.29, 1.82) is 0 Å². The van der Waals surface area contributed by atoms with Crippen LogP contribution in [0, 0.1) is 6.92 Å². The van der Waals surface area contributed by atoms with Crippen LogP contribution in [0.15, 0.2) is 53.6 Å². The predicted molar refractivity (Wildman–Crippen MR) is 131 cm³/mol. The van der Waals surface area contributed by atoms with Gasteiger partial charge in [0.15, 0.2) is 0 Å². The van der Waals surface area contributed by atoms with Gasteiger partial charge in [0.1, 0.15) is 0 Å². The first kappa shape index (κ1) is 24.1. The van der Waals surface area contributed by atoms with Gasteiger partial charge in [0.25, 0.3) is 5.56 Å². The lowest BCUT2D eigenvalue weighted by atomic mass is 9.88. The Kier molecular flexibility index (Phi) is 6.32. The molecule has 1 fully saturated rings. The SMILES string of the molecule is Cc1ccc2c(c1)-c1ncn(CCC(=O)N3CCN(c4cccc(C(F)(F)F)c4)CC3)c(=O)c1CC2. The van der Waals surface area contributed by atoms with Gasteiger partial charge in [-0.25, -0.2) is 4.98 Å².